The molecule has 1 fully saturated rings. The van der Waals surface area contributed by atoms with Crippen LogP contribution >= 0.6 is 0 Å². The minimum atomic E-state index is -0.800. The van der Waals surface area contributed by atoms with Crippen LogP contribution in [0.25, 0.3) is 0 Å². The smallest absolute Gasteiger partial charge is 0.306 e. The van der Waals surface area contributed by atoms with Gasteiger partial charge in [0.05, 0.1) is 18.9 Å². The number of ether oxygens (including phenoxy) is 1. The van der Waals surface area contributed by atoms with Crippen LogP contribution in [0, 0.1) is 11.7 Å². The summed E-state index contributed by atoms with van der Waals surface area (Å²) >= 11 is 0. The van der Waals surface area contributed by atoms with Crippen molar-refractivity contribution in [1.29, 1.82) is 0 Å². The van der Waals surface area contributed by atoms with Gasteiger partial charge in [0, 0.05) is 6.04 Å². The third kappa shape index (κ3) is 4.73. The molecule has 0 heterocycles. The van der Waals surface area contributed by atoms with Gasteiger partial charge < -0.3 is 15.2 Å². The number of rotatable bonds is 6. The molecule has 1 aromatic carbocycles. The zero-order valence-electron chi connectivity index (χ0n) is 11.5. The molecule has 0 radical (unpaired) electrons. The number of benzene rings is 1. The van der Waals surface area contributed by atoms with Gasteiger partial charge in [0.15, 0.2) is 0 Å². The van der Waals surface area contributed by atoms with Gasteiger partial charge in [0.1, 0.15) is 11.6 Å². The van der Waals surface area contributed by atoms with Crippen molar-refractivity contribution in [1.82, 2.24) is 5.32 Å². The first-order valence-electron chi connectivity index (χ1n) is 6.95. The van der Waals surface area contributed by atoms with Crippen molar-refractivity contribution in [2.24, 2.45) is 5.92 Å². The Morgan fingerprint density at radius 1 is 1.29 bits per heavy atom. The van der Waals surface area contributed by atoms with E-state index in [0.29, 0.717) is 25.0 Å². The SMILES string of the molecule is O=C(CCOc1ccc(F)cc1)N[C@H]1CC[C@@H](C(=O)O)C1. The summed E-state index contributed by atoms with van der Waals surface area (Å²) < 4.78 is 18.0. The number of carbonyl (C=O) groups is 2. The Morgan fingerprint density at radius 2 is 2.00 bits per heavy atom. The fourth-order valence-corrected chi connectivity index (χ4v) is 2.43. The van der Waals surface area contributed by atoms with Crippen molar-refractivity contribution >= 4 is 11.9 Å². The third-order valence-corrected chi connectivity index (χ3v) is 3.56. The molecule has 6 heteroatoms. The van der Waals surface area contributed by atoms with Crippen LogP contribution in [0.3, 0.4) is 0 Å². The van der Waals surface area contributed by atoms with Crippen LogP contribution in [-0.2, 0) is 9.59 Å². The van der Waals surface area contributed by atoms with E-state index in [2.05, 4.69) is 5.32 Å². The summed E-state index contributed by atoms with van der Waals surface area (Å²) in [6.45, 7) is 0.201. The Labute approximate surface area is 122 Å². The van der Waals surface area contributed by atoms with Gasteiger partial charge >= 0.3 is 5.97 Å². The van der Waals surface area contributed by atoms with Crippen molar-refractivity contribution < 1.29 is 23.8 Å². The molecule has 1 aliphatic carbocycles. The van der Waals surface area contributed by atoms with E-state index in [0.717, 1.165) is 0 Å². The fourth-order valence-electron chi connectivity index (χ4n) is 2.43. The van der Waals surface area contributed by atoms with E-state index < -0.39 is 5.97 Å². The fraction of sp³-hybridized carbons (Fsp3) is 0.467. The monoisotopic (exact) mass is 295 g/mol. The van der Waals surface area contributed by atoms with Gasteiger partial charge in [-0.15, -0.1) is 0 Å². The summed E-state index contributed by atoms with van der Waals surface area (Å²) in [5.41, 5.74) is 0. The molecule has 1 aromatic rings. The molecule has 0 saturated heterocycles. The Hall–Kier alpha value is -2.11. The topological polar surface area (TPSA) is 75.6 Å². The van der Waals surface area contributed by atoms with Crippen molar-refractivity contribution in [2.45, 2.75) is 31.7 Å². The Morgan fingerprint density at radius 3 is 2.62 bits per heavy atom. The minimum absolute atomic E-state index is 0.0654. The number of aliphatic carboxylic acids is 1. The average molecular weight is 295 g/mol. The molecular formula is C15H18FNO4. The molecule has 114 valence electrons. The lowest BCUT2D eigenvalue weighted by atomic mass is 10.1. The largest absolute Gasteiger partial charge is 0.493 e. The second-order valence-corrected chi connectivity index (χ2v) is 5.17. The number of amides is 1. The van der Waals surface area contributed by atoms with E-state index >= 15 is 0 Å². The Bertz CT molecular complexity index is 503. The minimum Gasteiger partial charge on any atom is -0.493 e. The summed E-state index contributed by atoms with van der Waals surface area (Å²) in [6, 6.07) is 5.52. The quantitative estimate of drug-likeness (QED) is 0.841. The molecule has 2 rings (SSSR count). The first-order chi connectivity index (χ1) is 10.0. The second kappa shape index (κ2) is 7.06. The molecular weight excluding hydrogens is 277 g/mol. The van der Waals surface area contributed by atoms with E-state index in [1.165, 1.54) is 24.3 Å². The number of carboxylic acids is 1. The predicted molar refractivity (Wildman–Crippen MR) is 73.4 cm³/mol. The van der Waals surface area contributed by atoms with Gasteiger partial charge in [0.25, 0.3) is 0 Å². The molecule has 0 aromatic heterocycles. The van der Waals surface area contributed by atoms with E-state index in [4.69, 9.17) is 9.84 Å². The molecule has 0 aliphatic heterocycles. The molecule has 2 N–H and O–H groups in total. The molecule has 0 bridgehead atoms. The number of nitrogens with one attached hydrogen (secondary N) is 1. The molecule has 0 unspecified atom stereocenters. The summed E-state index contributed by atoms with van der Waals surface area (Å²) in [6.07, 6.45) is 1.97. The Balaban J connectivity index is 1.66. The van der Waals surface area contributed by atoms with E-state index in [9.17, 15) is 14.0 Å². The van der Waals surface area contributed by atoms with Crippen molar-refractivity contribution in [3.63, 3.8) is 0 Å². The van der Waals surface area contributed by atoms with Gasteiger partial charge in [-0.3, -0.25) is 9.59 Å². The summed E-state index contributed by atoms with van der Waals surface area (Å²) in [5.74, 6) is -1.14. The molecule has 5 nitrogen and oxygen atoms in total. The normalized spacial score (nSPS) is 21.0. The molecule has 1 amide bonds. The Kier molecular flexibility index (Phi) is 5.14. The molecule has 1 saturated carbocycles. The van der Waals surface area contributed by atoms with E-state index in [1.54, 1.807) is 0 Å². The van der Waals surface area contributed by atoms with E-state index in [1.807, 2.05) is 0 Å². The standard InChI is InChI=1S/C15H18FNO4/c16-11-2-5-13(6-3-11)21-8-7-14(18)17-12-4-1-10(9-12)15(19)20/h2-3,5-6,10,12H,1,4,7-9H2,(H,17,18)(H,19,20)/t10-,12+/m1/s1. The van der Waals surface area contributed by atoms with Crippen molar-refractivity contribution in [2.75, 3.05) is 6.61 Å². The third-order valence-electron chi connectivity index (χ3n) is 3.56. The number of carboxylic acid groups (broad SMARTS) is 1. The summed E-state index contributed by atoms with van der Waals surface area (Å²) in [7, 11) is 0. The molecule has 1 aliphatic rings. The lowest BCUT2D eigenvalue weighted by Crippen LogP contribution is -2.34. The van der Waals surface area contributed by atoms with Crippen molar-refractivity contribution in [3.8, 4) is 5.75 Å². The lowest BCUT2D eigenvalue weighted by molar-refractivity contribution is -0.141. The zero-order chi connectivity index (χ0) is 15.2. The number of halogens is 1. The molecule has 2 atom stereocenters. The maximum atomic E-state index is 12.7. The van der Waals surface area contributed by atoms with Gasteiger partial charge in [-0.05, 0) is 43.5 Å². The van der Waals surface area contributed by atoms with Crippen LogP contribution in [0.4, 0.5) is 4.39 Å². The highest BCUT2D eigenvalue weighted by molar-refractivity contribution is 5.77. The summed E-state index contributed by atoms with van der Waals surface area (Å²) in [4.78, 5) is 22.5. The maximum absolute atomic E-state index is 12.7. The highest BCUT2D eigenvalue weighted by atomic mass is 19.1. The van der Waals surface area contributed by atoms with Crippen LogP contribution in [0.5, 0.6) is 5.75 Å². The van der Waals surface area contributed by atoms with Gasteiger partial charge in [-0.2, -0.15) is 0 Å². The second-order valence-electron chi connectivity index (χ2n) is 5.17. The predicted octanol–water partition coefficient (Wildman–Crippen LogP) is 1.96. The summed E-state index contributed by atoms with van der Waals surface area (Å²) in [5, 5.41) is 11.7. The van der Waals surface area contributed by atoms with Crippen LogP contribution in [0.1, 0.15) is 25.7 Å². The number of carbonyl (C=O) groups excluding carboxylic acids is 1. The van der Waals surface area contributed by atoms with Crippen LogP contribution in [0.2, 0.25) is 0 Å². The van der Waals surface area contributed by atoms with Gasteiger partial charge in [-0.25, -0.2) is 4.39 Å². The van der Waals surface area contributed by atoms with E-state index in [-0.39, 0.29) is 36.7 Å². The lowest BCUT2D eigenvalue weighted by Gasteiger charge is -2.12. The first-order valence-corrected chi connectivity index (χ1v) is 6.95. The van der Waals surface area contributed by atoms with Crippen molar-refractivity contribution in [3.05, 3.63) is 30.1 Å². The number of hydrogen-bond donors (Lipinski definition) is 2. The highest BCUT2D eigenvalue weighted by Crippen LogP contribution is 2.25. The molecule has 21 heavy (non-hydrogen) atoms. The van der Waals surface area contributed by atoms with Gasteiger partial charge in [0.2, 0.25) is 5.91 Å². The molecule has 0 spiro atoms. The highest BCUT2D eigenvalue weighted by Gasteiger charge is 2.30. The van der Waals surface area contributed by atoms with Crippen LogP contribution in [-0.4, -0.2) is 29.6 Å². The van der Waals surface area contributed by atoms with Gasteiger partial charge in [-0.1, -0.05) is 0 Å². The first kappa shape index (κ1) is 15.3. The van der Waals surface area contributed by atoms with Crippen LogP contribution in [0.15, 0.2) is 24.3 Å². The average Bonchev–Trinajstić information content (AvgIpc) is 2.90. The zero-order valence-corrected chi connectivity index (χ0v) is 11.5. The number of hydrogen-bond acceptors (Lipinski definition) is 3. The van der Waals surface area contributed by atoms with Crippen LogP contribution < -0.4 is 10.1 Å². The maximum Gasteiger partial charge on any atom is 0.306 e.